The van der Waals surface area contributed by atoms with Crippen LogP contribution in [0.25, 0.3) is 10.2 Å². The summed E-state index contributed by atoms with van der Waals surface area (Å²) < 4.78 is 7.22. The monoisotopic (exact) mass is 460 g/mol. The third-order valence-corrected chi connectivity index (χ3v) is 8.02. The molecule has 1 amide bonds. The van der Waals surface area contributed by atoms with Crippen molar-refractivity contribution in [1.82, 2.24) is 4.98 Å². The van der Waals surface area contributed by atoms with Crippen LogP contribution in [-0.4, -0.2) is 27.9 Å². The molecule has 0 spiro atoms. The number of ketones is 1. The van der Waals surface area contributed by atoms with E-state index in [0.29, 0.717) is 16.3 Å². The average Bonchev–Trinajstić information content (AvgIpc) is 3.37. The Kier molecular flexibility index (Phi) is 4.76. The van der Waals surface area contributed by atoms with Gasteiger partial charge in [0, 0.05) is 0 Å². The van der Waals surface area contributed by atoms with Gasteiger partial charge in [0.2, 0.25) is 0 Å². The fourth-order valence-electron chi connectivity index (χ4n) is 5.33. The summed E-state index contributed by atoms with van der Waals surface area (Å²) in [5.41, 5.74) is 3.10. The van der Waals surface area contributed by atoms with Gasteiger partial charge in [0.25, 0.3) is 5.91 Å². The third-order valence-electron chi connectivity index (χ3n) is 7.01. The van der Waals surface area contributed by atoms with Crippen molar-refractivity contribution in [2.24, 2.45) is 5.92 Å². The Labute approximate surface area is 195 Å². The number of phenolic OH excluding ortho intramolecular Hbond substituents is 1. The molecule has 0 saturated heterocycles. The number of amides is 1. The quantitative estimate of drug-likeness (QED) is 0.591. The highest BCUT2D eigenvalue weighted by atomic mass is 32.1. The molecular weight excluding hydrogens is 436 g/mol. The number of ether oxygens (including phenoxy) is 1. The number of phenols is 1. The molecule has 1 saturated carbocycles. The number of carbonyl (C=O) groups excluding carboxylic acids is 2. The molecule has 3 atom stereocenters. The van der Waals surface area contributed by atoms with Gasteiger partial charge in [0.15, 0.2) is 16.7 Å². The van der Waals surface area contributed by atoms with Gasteiger partial charge in [0.1, 0.15) is 11.9 Å². The lowest BCUT2D eigenvalue weighted by Crippen LogP contribution is -2.39. The minimum atomic E-state index is -0.666. The van der Waals surface area contributed by atoms with E-state index in [-0.39, 0.29) is 35.2 Å². The van der Waals surface area contributed by atoms with Crippen LogP contribution in [0.1, 0.15) is 49.8 Å². The van der Waals surface area contributed by atoms with Gasteiger partial charge < -0.3 is 9.84 Å². The van der Waals surface area contributed by atoms with Crippen LogP contribution >= 0.6 is 11.3 Å². The number of rotatable bonds is 3. The second-order valence-electron chi connectivity index (χ2n) is 8.98. The topological polar surface area (TPSA) is 79.7 Å². The van der Waals surface area contributed by atoms with E-state index in [1.54, 1.807) is 23.1 Å². The molecule has 1 fully saturated rings. The summed E-state index contributed by atoms with van der Waals surface area (Å²) in [6.45, 7) is 2.10. The second-order valence-corrected chi connectivity index (χ2v) is 9.99. The summed E-state index contributed by atoms with van der Waals surface area (Å²) >= 11 is 1.44. The molecule has 3 aromatic rings. The van der Waals surface area contributed by atoms with E-state index in [0.717, 1.165) is 42.3 Å². The number of aromatic hydroxyl groups is 1. The lowest BCUT2D eigenvalue weighted by molar-refractivity contribution is -0.131. The van der Waals surface area contributed by atoms with E-state index in [2.05, 4.69) is 13.0 Å². The van der Waals surface area contributed by atoms with Gasteiger partial charge in [-0.1, -0.05) is 42.9 Å². The van der Waals surface area contributed by atoms with Crippen LogP contribution in [0.15, 0.2) is 53.8 Å². The number of thiazole rings is 1. The first-order valence-corrected chi connectivity index (χ1v) is 12.3. The summed E-state index contributed by atoms with van der Waals surface area (Å²) in [6.07, 6.45) is 4.24. The minimum absolute atomic E-state index is 0.000441. The summed E-state index contributed by atoms with van der Waals surface area (Å²) in [4.78, 5) is 33.8. The number of Topliss-reactive ketones (excluding diaryl/α,β-unsaturated/α-hetero) is 1. The molecular formula is C26H24N2O4S. The molecule has 7 heteroatoms. The number of aryl methyl sites for hydroxylation is 1. The van der Waals surface area contributed by atoms with Crippen LogP contribution in [-0.2, 0) is 20.7 Å². The highest BCUT2D eigenvalue weighted by molar-refractivity contribution is 7.22. The molecule has 0 bridgehead atoms. The first-order chi connectivity index (χ1) is 16.0. The summed E-state index contributed by atoms with van der Waals surface area (Å²) in [7, 11) is 0. The van der Waals surface area contributed by atoms with Gasteiger partial charge in [-0.2, -0.15) is 0 Å². The maximum absolute atomic E-state index is 13.7. The summed E-state index contributed by atoms with van der Waals surface area (Å²) in [5.74, 6) is -0.298. The Balaban J connectivity index is 1.51. The molecule has 1 aliphatic carbocycles. The number of carbonyl (C=O) groups is 2. The number of hydrogen-bond acceptors (Lipinski definition) is 6. The van der Waals surface area contributed by atoms with Crippen LogP contribution in [0.3, 0.4) is 0 Å². The van der Waals surface area contributed by atoms with Gasteiger partial charge >= 0.3 is 0 Å². The number of fused-ring (bicyclic) bond motifs is 2. The maximum Gasteiger partial charge on any atom is 0.296 e. The van der Waals surface area contributed by atoms with Gasteiger partial charge in [0.05, 0.1) is 27.7 Å². The largest absolute Gasteiger partial charge is 0.508 e. The number of nitrogens with zero attached hydrogens (tertiary/aromatic N) is 2. The van der Waals surface area contributed by atoms with Crippen molar-refractivity contribution in [2.75, 3.05) is 4.90 Å². The Morgan fingerprint density at radius 3 is 2.82 bits per heavy atom. The van der Waals surface area contributed by atoms with Crippen molar-refractivity contribution in [3.8, 4) is 5.75 Å². The zero-order valence-electron chi connectivity index (χ0n) is 18.3. The van der Waals surface area contributed by atoms with Crippen LogP contribution in [0.4, 0.5) is 5.13 Å². The lowest BCUT2D eigenvalue weighted by Gasteiger charge is -2.35. The molecule has 1 N–H and O–H groups in total. The van der Waals surface area contributed by atoms with Gasteiger partial charge in [-0.25, -0.2) is 4.98 Å². The molecule has 3 aliphatic rings. The SMILES string of the molecule is CCc1ccc2nc(N3C(=O)C4=C(C(=O)C5CCCCC5O4)C3c3cccc(O)c3)sc2c1. The normalized spacial score (nSPS) is 24.8. The molecule has 33 heavy (non-hydrogen) atoms. The molecule has 3 unspecified atom stereocenters. The zero-order chi connectivity index (χ0) is 22.7. The fourth-order valence-corrected chi connectivity index (χ4v) is 6.39. The third kappa shape index (κ3) is 3.17. The van der Waals surface area contributed by atoms with E-state index in [1.807, 2.05) is 18.2 Å². The lowest BCUT2D eigenvalue weighted by atomic mass is 9.77. The van der Waals surface area contributed by atoms with Crippen molar-refractivity contribution < 1.29 is 19.4 Å². The van der Waals surface area contributed by atoms with E-state index in [1.165, 1.54) is 16.9 Å². The number of anilines is 1. The Morgan fingerprint density at radius 2 is 2.00 bits per heavy atom. The molecule has 1 aromatic heterocycles. The Bertz CT molecular complexity index is 1330. The molecule has 3 heterocycles. The zero-order valence-corrected chi connectivity index (χ0v) is 19.1. The molecule has 6 nitrogen and oxygen atoms in total. The minimum Gasteiger partial charge on any atom is -0.508 e. The predicted molar refractivity (Wildman–Crippen MR) is 126 cm³/mol. The smallest absolute Gasteiger partial charge is 0.296 e. The number of benzene rings is 2. The van der Waals surface area contributed by atoms with Gasteiger partial charge in [-0.15, -0.1) is 0 Å². The molecule has 2 aliphatic heterocycles. The molecule has 168 valence electrons. The summed E-state index contributed by atoms with van der Waals surface area (Å²) in [6, 6.07) is 12.2. The van der Waals surface area contributed by atoms with E-state index in [4.69, 9.17) is 9.72 Å². The van der Waals surface area contributed by atoms with Gasteiger partial charge in [-0.05, 0) is 61.1 Å². The van der Waals surface area contributed by atoms with Crippen LogP contribution in [0.2, 0.25) is 0 Å². The molecule has 0 radical (unpaired) electrons. The van der Waals surface area contributed by atoms with Gasteiger partial charge in [-0.3, -0.25) is 14.5 Å². The number of hydrogen-bond donors (Lipinski definition) is 1. The van der Waals surface area contributed by atoms with Crippen molar-refractivity contribution in [3.63, 3.8) is 0 Å². The van der Waals surface area contributed by atoms with Crippen molar-refractivity contribution in [1.29, 1.82) is 0 Å². The second kappa shape index (κ2) is 7.70. The van der Waals surface area contributed by atoms with E-state index < -0.39 is 6.04 Å². The maximum atomic E-state index is 13.7. The van der Waals surface area contributed by atoms with Crippen LogP contribution < -0.4 is 4.90 Å². The van der Waals surface area contributed by atoms with Crippen molar-refractivity contribution >= 4 is 38.4 Å². The summed E-state index contributed by atoms with van der Waals surface area (Å²) in [5, 5.41) is 10.7. The fraction of sp³-hybridized carbons (Fsp3) is 0.346. The van der Waals surface area contributed by atoms with Crippen LogP contribution in [0.5, 0.6) is 5.75 Å². The van der Waals surface area contributed by atoms with Crippen molar-refractivity contribution in [2.45, 2.75) is 51.2 Å². The number of aromatic nitrogens is 1. The highest BCUT2D eigenvalue weighted by Crippen LogP contribution is 2.49. The van der Waals surface area contributed by atoms with E-state index >= 15 is 0 Å². The average molecular weight is 461 g/mol. The standard InChI is InChI=1S/C26H24N2O4S/c1-2-14-10-11-18-20(12-14)33-26(27-18)28-22(15-6-5-7-16(29)13-15)21-23(30)17-8-3-4-9-19(17)32-24(21)25(28)31/h5-7,10-13,17,19,22,29H,2-4,8-9H2,1H3. The van der Waals surface area contributed by atoms with Crippen LogP contribution in [0, 0.1) is 5.92 Å². The Morgan fingerprint density at radius 1 is 1.15 bits per heavy atom. The molecule has 2 aromatic carbocycles. The predicted octanol–water partition coefficient (Wildman–Crippen LogP) is 5.06. The van der Waals surface area contributed by atoms with Crippen molar-refractivity contribution in [3.05, 3.63) is 64.9 Å². The van der Waals surface area contributed by atoms with E-state index in [9.17, 15) is 14.7 Å². The Hall–Kier alpha value is -3.19. The highest BCUT2D eigenvalue weighted by Gasteiger charge is 2.53. The first-order valence-electron chi connectivity index (χ1n) is 11.5. The first kappa shape index (κ1) is 20.4. The molecule has 6 rings (SSSR count).